The van der Waals surface area contributed by atoms with Crippen molar-refractivity contribution < 1.29 is 19.5 Å². The average Bonchev–Trinajstić information content (AvgIpc) is 3.30. The molecule has 10 heteroatoms. The molecule has 1 fully saturated rings. The van der Waals surface area contributed by atoms with Crippen molar-refractivity contribution in [1.82, 2.24) is 20.5 Å². The zero-order chi connectivity index (χ0) is 23.8. The summed E-state index contributed by atoms with van der Waals surface area (Å²) in [6.07, 6.45) is 11.0. The van der Waals surface area contributed by atoms with Gasteiger partial charge in [0.25, 0.3) is 0 Å². The minimum absolute atomic E-state index is 0.0809. The first-order valence-electron chi connectivity index (χ1n) is 11.3. The highest BCUT2D eigenvalue weighted by Gasteiger charge is 2.35. The number of nitrogens with one attached hydrogen (secondary N) is 3. The van der Waals surface area contributed by atoms with Crippen LogP contribution in [0.15, 0.2) is 30.5 Å². The number of carboxylic acids is 1. The number of hydrogen-bond donors (Lipinski definition) is 5. The fraction of sp³-hybridized carbons (Fsp3) is 0.522. The number of rotatable bonds is 10. The van der Waals surface area contributed by atoms with Crippen molar-refractivity contribution >= 4 is 23.6 Å². The van der Waals surface area contributed by atoms with Crippen molar-refractivity contribution in [3.05, 3.63) is 41.7 Å². The Morgan fingerprint density at radius 2 is 2.00 bits per heavy atom. The van der Waals surface area contributed by atoms with Gasteiger partial charge in [0.05, 0.1) is 24.8 Å². The number of carbonyl (C=O) groups is 3. The largest absolute Gasteiger partial charge is 0.480 e. The van der Waals surface area contributed by atoms with E-state index in [1.165, 1.54) is 17.5 Å². The molecular formula is C23H32N6O4. The number of nitrogen functional groups attached to an aromatic ring is 1. The average molecular weight is 457 g/mol. The molecular weight excluding hydrogens is 424 g/mol. The lowest BCUT2D eigenvalue weighted by Crippen LogP contribution is -2.53. The molecule has 1 aliphatic heterocycles. The van der Waals surface area contributed by atoms with Crippen LogP contribution in [0.2, 0.25) is 0 Å². The monoisotopic (exact) mass is 456 g/mol. The van der Waals surface area contributed by atoms with Crippen molar-refractivity contribution in [3.8, 4) is 0 Å². The Labute approximate surface area is 193 Å². The molecule has 0 unspecified atom stereocenters. The van der Waals surface area contributed by atoms with Gasteiger partial charge in [-0.15, -0.1) is 0 Å². The second kappa shape index (κ2) is 11.6. The van der Waals surface area contributed by atoms with Gasteiger partial charge in [-0.25, -0.2) is 0 Å². The van der Waals surface area contributed by atoms with Crippen molar-refractivity contribution in [1.29, 1.82) is 5.41 Å². The number of amides is 2. The number of pyridine rings is 1. The van der Waals surface area contributed by atoms with Crippen LogP contribution < -0.4 is 16.4 Å². The first-order valence-corrected chi connectivity index (χ1v) is 11.3. The van der Waals surface area contributed by atoms with E-state index >= 15 is 0 Å². The second-order valence-electron chi connectivity index (χ2n) is 8.60. The highest BCUT2D eigenvalue weighted by atomic mass is 16.4. The Morgan fingerprint density at radius 3 is 2.64 bits per heavy atom. The van der Waals surface area contributed by atoms with E-state index in [0.717, 1.165) is 25.7 Å². The molecule has 0 aromatic carbocycles. The van der Waals surface area contributed by atoms with Crippen molar-refractivity contribution in [3.63, 3.8) is 0 Å². The van der Waals surface area contributed by atoms with Crippen LogP contribution in [-0.2, 0) is 20.9 Å². The quantitative estimate of drug-likeness (QED) is 0.197. The molecule has 0 bridgehead atoms. The molecule has 33 heavy (non-hydrogen) atoms. The standard InChI is InChI=1S/C23H32N6O4/c24-21(25)16-8-9-17(26-12-16)13-28-22(32)19-7-4-10-29(19)23(33)18(27-14-20(30)31)11-15-5-2-1-3-6-15/h4,7-9,12,15,18-19,27H,1-3,5-6,10-11,13-14H2,(H3,24,25)(H,28,32)(H,30,31)/t18-,19+/m1/s1. The molecule has 6 N–H and O–H groups in total. The third-order valence-electron chi connectivity index (χ3n) is 6.18. The summed E-state index contributed by atoms with van der Waals surface area (Å²) in [6, 6.07) is 1.95. The summed E-state index contributed by atoms with van der Waals surface area (Å²) in [5.41, 5.74) is 6.53. The number of carbonyl (C=O) groups excluding carboxylic acids is 2. The fourth-order valence-corrected chi connectivity index (χ4v) is 4.39. The maximum absolute atomic E-state index is 13.3. The molecule has 0 saturated heterocycles. The number of carboxylic acid groups (broad SMARTS) is 1. The van der Waals surface area contributed by atoms with Crippen LogP contribution in [-0.4, -0.2) is 63.8 Å². The van der Waals surface area contributed by atoms with Gasteiger partial charge < -0.3 is 21.1 Å². The molecule has 2 aliphatic rings. The molecule has 2 atom stereocenters. The number of nitrogens with two attached hydrogens (primary N) is 1. The van der Waals surface area contributed by atoms with Gasteiger partial charge in [0, 0.05) is 18.3 Å². The molecule has 0 spiro atoms. The SMILES string of the molecule is N=C(N)c1ccc(CNC(=O)[C@@H]2C=CCN2C(=O)[C@@H](CC2CCCCC2)NCC(=O)O)nc1. The van der Waals surface area contributed by atoms with Crippen LogP contribution in [0, 0.1) is 11.3 Å². The fourth-order valence-electron chi connectivity index (χ4n) is 4.39. The van der Waals surface area contributed by atoms with E-state index in [4.69, 9.17) is 16.2 Å². The Kier molecular flexibility index (Phi) is 8.53. The Morgan fingerprint density at radius 1 is 1.24 bits per heavy atom. The minimum Gasteiger partial charge on any atom is -0.480 e. The van der Waals surface area contributed by atoms with Crippen LogP contribution in [0.1, 0.15) is 49.8 Å². The zero-order valence-electron chi connectivity index (χ0n) is 18.6. The van der Waals surface area contributed by atoms with Gasteiger partial charge in [0.2, 0.25) is 11.8 Å². The van der Waals surface area contributed by atoms with Crippen molar-refractivity contribution in [2.45, 2.75) is 57.2 Å². The molecule has 1 aromatic rings. The molecule has 3 rings (SSSR count). The molecule has 2 heterocycles. The van der Waals surface area contributed by atoms with E-state index in [-0.39, 0.29) is 30.7 Å². The number of hydrogen-bond acceptors (Lipinski definition) is 6. The lowest BCUT2D eigenvalue weighted by atomic mass is 9.84. The summed E-state index contributed by atoms with van der Waals surface area (Å²) in [7, 11) is 0. The molecule has 178 valence electrons. The van der Waals surface area contributed by atoms with Crippen LogP contribution in [0.3, 0.4) is 0 Å². The van der Waals surface area contributed by atoms with Crippen molar-refractivity contribution in [2.24, 2.45) is 11.7 Å². The first kappa shape index (κ1) is 24.4. The van der Waals surface area contributed by atoms with Gasteiger partial charge in [0.1, 0.15) is 11.9 Å². The predicted octanol–water partition coefficient (Wildman–Crippen LogP) is 0.762. The topological polar surface area (TPSA) is 162 Å². The normalized spacial score (nSPS) is 19.3. The van der Waals surface area contributed by atoms with E-state index in [9.17, 15) is 14.4 Å². The number of aromatic nitrogens is 1. The maximum atomic E-state index is 13.3. The highest BCUT2D eigenvalue weighted by Crippen LogP contribution is 2.28. The summed E-state index contributed by atoms with van der Waals surface area (Å²) in [4.78, 5) is 42.9. The summed E-state index contributed by atoms with van der Waals surface area (Å²) in [5, 5.41) is 22.2. The summed E-state index contributed by atoms with van der Waals surface area (Å²) < 4.78 is 0. The predicted molar refractivity (Wildman–Crippen MR) is 122 cm³/mol. The zero-order valence-corrected chi connectivity index (χ0v) is 18.6. The van der Waals surface area contributed by atoms with Crippen LogP contribution in [0.25, 0.3) is 0 Å². The Balaban J connectivity index is 1.61. The molecule has 1 aromatic heterocycles. The third-order valence-corrected chi connectivity index (χ3v) is 6.18. The van der Waals surface area contributed by atoms with Gasteiger partial charge in [-0.1, -0.05) is 44.3 Å². The first-order chi connectivity index (χ1) is 15.8. The third kappa shape index (κ3) is 6.85. The molecule has 1 saturated carbocycles. The Hall–Kier alpha value is -3.27. The van der Waals surface area contributed by atoms with E-state index in [2.05, 4.69) is 15.6 Å². The van der Waals surface area contributed by atoms with E-state index in [1.54, 1.807) is 24.3 Å². The van der Waals surface area contributed by atoms with Crippen molar-refractivity contribution in [2.75, 3.05) is 13.1 Å². The number of amidine groups is 1. The summed E-state index contributed by atoms with van der Waals surface area (Å²) in [5.74, 6) is -1.31. The van der Waals surface area contributed by atoms with E-state index in [0.29, 0.717) is 30.1 Å². The molecule has 0 radical (unpaired) electrons. The van der Waals surface area contributed by atoms with Gasteiger partial charge in [0.15, 0.2) is 0 Å². The summed E-state index contributed by atoms with van der Waals surface area (Å²) in [6.45, 7) is 0.174. The van der Waals surface area contributed by atoms with E-state index in [1.807, 2.05) is 0 Å². The number of aliphatic carboxylic acids is 1. The van der Waals surface area contributed by atoms with Crippen LogP contribution in [0.4, 0.5) is 0 Å². The highest BCUT2D eigenvalue weighted by molar-refractivity contribution is 5.94. The smallest absolute Gasteiger partial charge is 0.317 e. The lowest BCUT2D eigenvalue weighted by molar-refractivity contribution is -0.140. The number of nitrogens with zero attached hydrogens (tertiary/aromatic N) is 2. The molecule has 1 aliphatic carbocycles. The summed E-state index contributed by atoms with van der Waals surface area (Å²) >= 11 is 0. The Bertz CT molecular complexity index is 895. The minimum atomic E-state index is -1.02. The van der Waals surface area contributed by atoms with Gasteiger partial charge in [-0.2, -0.15) is 0 Å². The van der Waals surface area contributed by atoms with E-state index < -0.39 is 18.1 Å². The van der Waals surface area contributed by atoms with Gasteiger partial charge in [-0.05, 0) is 24.5 Å². The van der Waals surface area contributed by atoms with Crippen LogP contribution in [0.5, 0.6) is 0 Å². The second-order valence-corrected chi connectivity index (χ2v) is 8.60. The van der Waals surface area contributed by atoms with Gasteiger partial charge in [-0.3, -0.25) is 30.1 Å². The van der Waals surface area contributed by atoms with Crippen LogP contribution >= 0.6 is 0 Å². The maximum Gasteiger partial charge on any atom is 0.317 e. The lowest BCUT2D eigenvalue weighted by Gasteiger charge is -2.31. The molecule has 10 nitrogen and oxygen atoms in total. The van der Waals surface area contributed by atoms with Gasteiger partial charge >= 0.3 is 5.97 Å². The molecule has 2 amide bonds.